The smallest absolute Gasteiger partial charge is 0.224 e. The van der Waals surface area contributed by atoms with Gasteiger partial charge in [-0.05, 0) is 67.6 Å². The summed E-state index contributed by atoms with van der Waals surface area (Å²) in [6, 6.07) is 0.444. The van der Waals surface area contributed by atoms with Crippen LogP contribution in [-0.2, 0) is 4.79 Å². The van der Waals surface area contributed by atoms with Crippen LogP contribution in [-0.4, -0.2) is 18.5 Å². The Morgan fingerprint density at radius 1 is 1.10 bits per heavy atom. The molecule has 0 saturated heterocycles. The van der Waals surface area contributed by atoms with Gasteiger partial charge in [0.05, 0.1) is 5.92 Å². The van der Waals surface area contributed by atoms with Gasteiger partial charge in [-0.1, -0.05) is 20.8 Å². The molecular weight excluding hydrogens is 260 g/mol. The monoisotopic (exact) mass is 292 g/mol. The molecule has 3 N–H and O–H groups in total. The van der Waals surface area contributed by atoms with E-state index < -0.39 is 0 Å². The van der Waals surface area contributed by atoms with Gasteiger partial charge in [-0.2, -0.15) is 0 Å². The van der Waals surface area contributed by atoms with Gasteiger partial charge in [0.15, 0.2) is 0 Å². The van der Waals surface area contributed by atoms with Crippen molar-refractivity contribution in [1.82, 2.24) is 5.32 Å². The van der Waals surface area contributed by atoms with Crippen LogP contribution in [0.25, 0.3) is 0 Å². The molecule has 4 saturated carbocycles. The van der Waals surface area contributed by atoms with E-state index in [1.165, 1.54) is 32.1 Å². The summed E-state index contributed by atoms with van der Waals surface area (Å²) in [6.45, 7) is 7.03. The molecule has 120 valence electrons. The van der Waals surface area contributed by atoms with Crippen LogP contribution in [0.1, 0.15) is 59.3 Å². The second kappa shape index (κ2) is 5.57. The van der Waals surface area contributed by atoms with E-state index in [1.54, 1.807) is 0 Å². The molecule has 4 aliphatic carbocycles. The molecule has 3 nitrogen and oxygen atoms in total. The number of hydrogen-bond donors (Lipinski definition) is 2. The third kappa shape index (κ3) is 3.28. The summed E-state index contributed by atoms with van der Waals surface area (Å²) in [4.78, 5) is 12.7. The van der Waals surface area contributed by atoms with Crippen molar-refractivity contribution in [3.8, 4) is 0 Å². The topological polar surface area (TPSA) is 55.1 Å². The zero-order chi connectivity index (χ0) is 15.2. The summed E-state index contributed by atoms with van der Waals surface area (Å²) in [6.07, 6.45) is 7.75. The molecule has 1 amide bonds. The van der Waals surface area contributed by atoms with E-state index in [0.717, 1.165) is 30.1 Å². The first-order chi connectivity index (χ1) is 9.85. The second-order valence-corrected chi connectivity index (χ2v) is 9.16. The van der Waals surface area contributed by atoms with E-state index in [-0.39, 0.29) is 17.2 Å². The van der Waals surface area contributed by atoms with Gasteiger partial charge in [-0.3, -0.25) is 4.79 Å². The van der Waals surface area contributed by atoms with E-state index in [9.17, 15) is 4.79 Å². The number of nitrogens with one attached hydrogen (secondary N) is 1. The largest absolute Gasteiger partial charge is 0.353 e. The summed E-state index contributed by atoms with van der Waals surface area (Å²) < 4.78 is 0. The number of carbonyl (C=O) groups is 1. The fourth-order valence-corrected chi connectivity index (χ4v) is 5.47. The van der Waals surface area contributed by atoms with Gasteiger partial charge in [0.1, 0.15) is 0 Å². The van der Waals surface area contributed by atoms with Gasteiger partial charge in [0.2, 0.25) is 5.91 Å². The zero-order valence-electron chi connectivity index (χ0n) is 13.9. The fourth-order valence-electron chi connectivity index (χ4n) is 5.47. The van der Waals surface area contributed by atoms with Gasteiger partial charge < -0.3 is 11.1 Å². The molecule has 0 heterocycles. The maximum Gasteiger partial charge on any atom is 0.224 e. The highest BCUT2D eigenvalue weighted by Crippen LogP contribution is 2.53. The first-order valence-electron chi connectivity index (χ1n) is 8.86. The van der Waals surface area contributed by atoms with Gasteiger partial charge in [0.25, 0.3) is 0 Å². The Bertz CT molecular complexity index is 371. The highest BCUT2D eigenvalue weighted by molar-refractivity contribution is 5.79. The van der Waals surface area contributed by atoms with Crippen molar-refractivity contribution in [3.63, 3.8) is 0 Å². The number of carbonyl (C=O) groups excluding carboxylic acids is 1. The summed E-state index contributed by atoms with van der Waals surface area (Å²) >= 11 is 0. The second-order valence-electron chi connectivity index (χ2n) is 9.16. The molecule has 4 aliphatic rings. The number of hydrogen-bond acceptors (Lipinski definition) is 2. The van der Waals surface area contributed by atoms with Crippen LogP contribution in [0.2, 0.25) is 0 Å². The minimum atomic E-state index is -0.0258. The molecule has 4 bridgehead atoms. The molecule has 21 heavy (non-hydrogen) atoms. The van der Waals surface area contributed by atoms with E-state index in [2.05, 4.69) is 26.1 Å². The standard InChI is InChI=1S/C18H32N2O/c1-18(2,3)9-15(10-19)17(21)20-16-13-5-11-4-12(7-13)8-14(16)6-11/h11-16H,4-10,19H2,1-3H3,(H,20,21). The Morgan fingerprint density at radius 2 is 1.62 bits per heavy atom. The minimum absolute atomic E-state index is 0.0258. The SMILES string of the molecule is CC(C)(C)CC(CN)C(=O)NC1C2CC3CC(C2)CC1C3. The first-order valence-corrected chi connectivity index (χ1v) is 8.86. The van der Waals surface area contributed by atoms with Crippen LogP contribution >= 0.6 is 0 Å². The van der Waals surface area contributed by atoms with Gasteiger partial charge in [-0.25, -0.2) is 0 Å². The van der Waals surface area contributed by atoms with Gasteiger partial charge >= 0.3 is 0 Å². The van der Waals surface area contributed by atoms with Crippen molar-refractivity contribution >= 4 is 5.91 Å². The molecule has 3 heteroatoms. The maximum absolute atomic E-state index is 12.7. The van der Waals surface area contributed by atoms with Crippen LogP contribution in [0.5, 0.6) is 0 Å². The molecule has 0 aromatic heterocycles. The summed E-state index contributed by atoms with van der Waals surface area (Å²) in [5, 5.41) is 3.42. The van der Waals surface area contributed by atoms with E-state index in [4.69, 9.17) is 5.73 Å². The summed E-state index contributed by atoms with van der Waals surface area (Å²) in [5.74, 6) is 3.60. The molecule has 0 radical (unpaired) electrons. The Labute approximate surface area is 129 Å². The van der Waals surface area contributed by atoms with Crippen LogP contribution in [0.4, 0.5) is 0 Å². The predicted octanol–water partition coefficient (Wildman–Crippen LogP) is 2.94. The van der Waals surface area contributed by atoms with Crippen LogP contribution < -0.4 is 11.1 Å². The lowest BCUT2D eigenvalue weighted by atomic mass is 9.54. The van der Waals surface area contributed by atoms with Crippen molar-refractivity contribution in [3.05, 3.63) is 0 Å². The lowest BCUT2D eigenvalue weighted by Gasteiger charge is -2.54. The average molecular weight is 292 g/mol. The highest BCUT2D eigenvalue weighted by Gasteiger charge is 2.48. The molecular formula is C18H32N2O. The number of amides is 1. The summed E-state index contributed by atoms with van der Waals surface area (Å²) in [5.41, 5.74) is 6.03. The van der Waals surface area contributed by atoms with E-state index in [1.807, 2.05) is 0 Å². The third-order valence-corrected chi connectivity index (χ3v) is 6.05. The van der Waals surface area contributed by atoms with E-state index in [0.29, 0.717) is 12.6 Å². The number of nitrogens with two attached hydrogens (primary N) is 1. The Balaban J connectivity index is 1.62. The van der Waals surface area contributed by atoms with Crippen LogP contribution in [0.15, 0.2) is 0 Å². The molecule has 1 atom stereocenters. The Morgan fingerprint density at radius 3 is 2.05 bits per heavy atom. The van der Waals surface area contributed by atoms with Crippen LogP contribution in [0, 0.1) is 35.0 Å². The molecule has 4 rings (SSSR count). The minimum Gasteiger partial charge on any atom is -0.353 e. The van der Waals surface area contributed by atoms with Crippen LogP contribution in [0.3, 0.4) is 0 Å². The first kappa shape index (κ1) is 15.3. The van der Waals surface area contributed by atoms with Gasteiger partial charge in [0, 0.05) is 12.6 Å². The Kier molecular flexibility index (Phi) is 4.06. The van der Waals surface area contributed by atoms with Crippen molar-refractivity contribution < 1.29 is 4.79 Å². The van der Waals surface area contributed by atoms with Crippen molar-refractivity contribution in [2.24, 2.45) is 40.7 Å². The van der Waals surface area contributed by atoms with Crippen molar-refractivity contribution in [2.45, 2.75) is 65.3 Å². The van der Waals surface area contributed by atoms with Crippen molar-refractivity contribution in [1.29, 1.82) is 0 Å². The summed E-state index contributed by atoms with van der Waals surface area (Å²) in [7, 11) is 0. The lowest BCUT2D eigenvalue weighted by Crippen LogP contribution is -2.57. The predicted molar refractivity (Wildman–Crippen MR) is 85.6 cm³/mol. The lowest BCUT2D eigenvalue weighted by molar-refractivity contribution is -0.129. The molecule has 4 fully saturated rings. The third-order valence-electron chi connectivity index (χ3n) is 6.05. The number of rotatable bonds is 4. The molecule has 0 spiro atoms. The molecule has 0 aromatic rings. The Hall–Kier alpha value is -0.570. The quantitative estimate of drug-likeness (QED) is 0.837. The highest BCUT2D eigenvalue weighted by atomic mass is 16.2. The maximum atomic E-state index is 12.7. The fraction of sp³-hybridized carbons (Fsp3) is 0.944. The van der Waals surface area contributed by atoms with Crippen molar-refractivity contribution in [2.75, 3.05) is 6.54 Å². The van der Waals surface area contributed by atoms with E-state index >= 15 is 0 Å². The zero-order valence-corrected chi connectivity index (χ0v) is 13.9. The molecule has 0 aromatic carbocycles. The molecule has 0 aliphatic heterocycles. The molecule has 1 unspecified atom stereocenters. The average Bonchev–Trinajstić information content (AvgIpc) is 2.38. The normalized spacial score (nSPS) is 39.3. The van der Waals surface area contributed by atoms with Gasteiger partial charge in [-0.15, -0.1) is 0 Å².